The number of carbonyl (C=O) groups is 2. The first kappa shape index (κ1) is 28.2. The molecule has 0 bridgehead atoms. The number of ether oxygens (including phenoxy) is 3. The largest absolute Gasteiger partial charge is 0.465 e. The summed E-state index contributed by atoms with van der Waals surface area (Å²) >= 11 is 0. The number of hydrogen-bond acceptors (Lipinski definition) is 5. The second-order valence-electron chi connectivity index (χ2n) is 11.7. The van der Waals surface area contributed by atoms with Gasteiger partial charge in [0.15, 0.2) is 0 Å². The van der Waals surface area contributed by atoms with Gasteiger partial charge in [-0.2, -0.15) is 0 Å². The van der Waals surface area contributed by atoms with Crippen molar-refractivity contribution < 1.29 is 23.8 Å². The molecule has 0 aliphatic heterocycles. The number of rotatable bonds is 7. The zero-order valence-corrected chi connectivity index (χ0v) is 24.1. The maximum absolute atomic E-state index is 12.9. The first-order valence-corrected chi connectivity index (χ1v) is 14.0. The molecular formula is C36H36O5. The second kappa shape index (κ2) is 11.6. The average molecular weight is 549 g/mol. The van der Waals surface area contributed by atoms with E-state index in [2.05, 4.69) is 57.2 Å². The summed E-state index contributed by atoms with van der Waals surface area (Å²) in [5.74, 6) is 0.809. The molecule has 1 saturated carbocycles. The van der Waals surface area contributed by atoms with Crippen molar-refractivity contribution >= 4 is 11.9 Å². The van der Waals surface area contributed by atoms with Crippen LogP contribution in [0.4, 0.5) is 0 Å². The Morgan fingerprint density at radius 1 is 0.585 bits per heavy atom. The molecule has 1 aliphatic carbocycles. The molecular weight excluding hydrogens is 512 g/mol. The molecule has 41 heavy (non-hydrogen) atoms. The molecule has 5 nitrogen and oxygen atoms in total. The molecule has 0 amide bonds. The summed E-state index contributed by atoms with van der Waals surface area (Å²) in [6, 6.07) is 30.4. The van der Waals surface area contributed by atoms with E-state index in [1.54, 1.807) is 48.5 Å². The Balaban J connectivity index is 1.26. The molecule has 5 heteroatoms. The Hall–Kier alpha value is -4.38. The van der Waals surface area contributed by atoms with E-state index >= 15 is 0 Å². The lowest BCUT2D eigenvalue weighted by Gasteiger charge is -2.44. The Kier molecular flexibility index (Phi) is 7.98. The number of hydrogen-bond donors (Lipinski definition) is 0. The summed E-state index contributed by atoms with van der Waals surface area (Å²) in [5, 5.41) is 0. The van der Waals surface area contributed by atoms with Crippen LogP contribution in [0.3, 0.4) is 0 Å². The van der Waals surface area contributed by atoms with E-state index in [-0.39, 0.29) is 5.41 Å². The Morgan fingerprint density at radius 2 is 1.02 bits per heavy atom. The van der Waals surface area contributed by atoms with Crippen LogP contribution in [0.1, 0.15) is 76.9 Å². The van der Waals surface area contributed by atoms with E-state index in [1.807, 2.05) is 12.1 Å². The number of methoxy groups -OCH3 is 1. The van der Waals surface area contributed by atoms with Gasteiger partial charge >= 0.3 is 11.9 Å². The van der Waals surface area contributed by atoms with Gasteiger partial charge in [-0.3, -0.25) is 0 Å². The minimum absolute atomic E-state index is 0.0405. The van der Waals surface area contributed by atoms with Crippen LogP contribution in [0, 0.1) is 12.3 Å². The van der Waals surface area contributed by atoms with Gasteiger partial charge < -0.3 is 14.2 Å². The number of carbonyl (C=O) groups excluding carboxylic acids is 2. The topological polar surface area (TPSA) is 61.8 Å². The molecule has 0 unspecified atom stereocenters. The second-order valence-corrected chi connectivity index (χ2v) is 11.7. The summed E-state index contributed by atoms with van der Waals surface area (Å²) in [4.78, 5) is 24.5. The smallest absolute Gasteiger partial charge is 0.343 e. The van der Waals surface area contributed by atoms with Crippen molar-refractivity contribution in [3.05, 3.63) is 125 Å². The lowest BCUT2D eigenvalue weighted by Crippen LogP contribution is -2.35. The van der Waals surface area contributed by atoms with Gasteiger partial charge in [0.25, 0.3) is 0 Å². The van der Waals surface area contributed by atoms with Crippen molar-refractivity contribution in [2.24, 2.45) is 5.41 Å². The summed E-state index contributed by atoms with van der Waals surface area (Å²) in [6.07, 6.45) is 4.50. The highest BCUT2D eigenvalue weighted by atomic mass is 16.5. The van der Waals surface area contributed by atoms with E-state index in [1.165, 1.54) is 23.8 Å². The fourth-order valence-electron chi connectivity index (χ4n) is 5.55. The number of benzene rings is 4. The third-order valence-corrected chi connectivity index (χ3v) is 8.28. The van der Waals surface area contributed by atoms with E-state index in [4.69, 9.17) is 14.2 Å². The monoisotopic (exact) mass is 548 g/mol. The molecule has 0 saturated heterocycles. The van der Waals surface area contributed by atoms with E-state index in [0.717, 1.165) is 25.7 Å². The molecule has 0 aromatic heterocycles. The van der Waals surface area contributed by atoms with Gasteiger partial charge in [0, 0.05) is 5.41 Å². The molecule has 0 atom stereocenters. The first-order chi connectivity index (χ1) is 19.7. The SMILES string of the molecule is COC(=O)c1ccc(Oc2ccc(C(=O)Oc3ccc(C4(c5ccc(C)cc5)CCC(C)(C)CC4)cc3)cc2)cc1. The predicted octanol–water partition coefficient (Wildman–Crippen LogP) is 8.68. The van der Waals surface area contributed by atoms with E-state index in [0.29, 0.717) is 33.8 Å². The minimum atomic E-state index is -0.431. The summed E-state index contributed by atoms with van der Waals surface area (Å²) in [6.45, 7) is 6.84. The third-order valence-electron chi connectivity index (χ3n) is 8.28. The lowest BCUT2D eigenvalue weighted by atomic mass is 9.59. The summed E-state index contributed by atoms with van der Waals surface area (Å²) < 4.78 is 16.3. The molecule has 210 valence electrons. The van der Waals surface area contributed by atoms with Crippen LogP contribution >= 0.6 is 0 Å². The van der Waals surface area contributed by atoms with Crippen LogP contribution in [-0.4, -0.2) is 19.0 Å². The van der Waals surface area contributed by atoms with Gasteiger partial charge in [-0.05, 0) is 110 Å². The predicted molar refractivity (Wildman–Crippen MR) is 160 cm³/mol. The van der Waals surface area contributed by atoms with Crippen LogP contribution in [0.5, 0.6) is 17.2 Å². The molecule has 0 radical (unpaired) electrons. The van der Waals surface area contributed by atoms with Gasteiger partial charge in [-0.15, -0.1) is 0 Å². The maximum Gasteiger partial charge on any atom is 0.343 e. The van der Waals surface area contributed by atoms with Crippen LogP contribution in [0.2, 0.25) is 0 Å². The highest BCUT2D eigenvalue weighted by Gasteiger charge is 2.40. The van der Waals surface area contributed by atoms with Gasteiger partial charge in [0.1, 0.15) is 17.2 Å². The molecule has 5 rings (SSSR count). The summed E-state index contributed by atoms with van der Waals surface area (Å²) in [7, 11) is 1.34. The maximum atomic E-state index is 12.9. The zero-order valence-electron chi connectivity index (χ0n) is 24.1. The first-order valence-electron chi connectivity index (χ1n) is 14.0. The standard InChI is InChI=1S/C36H36O5/c1-25-5-11-28(12-6-25)36(23-21-35(2,3)22-24-36)29-13-19-32(20-14-29)41-34(38)27-9-17-31(18-10-27)40-30-15-7-26(8-16-30)33(37)39-4/h5-20H,21-24H2,1-4H3. The fourth-order valence-corrected chi connectivity index (χ4v) is 5.55. The third kappa shape index (κ3) is 6.35. The van der Waals surface area contributed by atoms with Crippen molar-refractivity contribution in [2.45, 2.75) is 51.9 Å². The Bertz CT molecular complexity index is 1490. The van der Waals surface area contributed by atoms with Crippen LogP contribution < -0.4 is 9.47 Å². The number of aryl methyl sites for hydroxylation is 1. The van der Waals surface area contributed by atoms with Crippen molar-refractivity contribution in [1.29, 1.82) is 0 Å². The van der Waals surface area contributed by atoms with Crippen LogP contribution in [0.15, 0.2) is 97.1 Å². The van der Waals surface area contributed by atoms with Crippen LogP contribution in [-0.2, 0) is 10.2 Å². The van der Waals surface area contributed by atoms with Crippen molar-refractivity contribution in [3.63, 3.8) is 0 Å². The normalized spacial score (nSPS) is 15.5. The minimum Gasteiger partial charge on any atom is -0.465 e. The Morgan fingerprint density at radius 3 is 1.51 bits per heavy atom. The van der Waals surface area contributed by atoms with Crippen LogP contribution in [0.25, 0.3) is 0 Å². The highest BCUT2D eigenvalue weighted by molar-refractivity contribution is 5.91. The summed E-state index contributed by atoms with van der Waals surface area (Å²) in [5.41, 5.74) is 5.05. The molecule has 4 aromatic carbocycles. The molecule has 1 fully saturated rings. The lowest BCUT2D eigenvalue weighted by molar-refractivity contribution is 0.0600. The van der Waals surface area contributed by atoms with E-state index < -0.39 is 11.9 Å². The fraction of sp³-hybridized carbons (Fsp3) is 0.278. The number of esters is 2. The van der Waals surface area contributed by atoms with Gasteiger partial charge in [-0.25, -0.2) is 9.59 Å². The molecule has 0 heterocycles. The average Bonchev–Trinajstić information content (AvgIpc) is 2.99. The van der Waals surface area contributed by atoms with E-state index in [9.17, 15) is 9.59 Å². The molecule has 0 N–H and O–H groups in total. The van der Waals surface area contributed by atoms with Gasteiger partial charge in [-0.1, -0.05) is 55.8 Å². The molecule has 0 spiro atoms. The molecule has 1 aliphatic rings. The quantitative estimate of drug-likeness (QED) is 0.171. The van der Waals surface area contributed by atoms with Crippen molar-refractivity contribution in [1.82, 2.24) is 0 Å². The van der Waals surface area contributed by atoms with Crippen molar-refractivity contribution in [3.8, 4) is 17.2 Å². The highest BCUT2D eigenvalue weighted by Crippen LogP contribution is 2.50. The van der Waals surface area contributed by atoms with Gasteiger partial charge in [0.05, 0.1) is 18.2 Å². The Labute approximate surface area is 242 Å². The van der Waals surface area contributed by atoms with Crippen molar-refractivity contribution in [2.75, 3.05) is 7.11 Å². The van der Waals surface area contributed by atoms with Gasteiger partial charge in [0.2, 0.25) is 0 Å². The molecule has 4 aromatic rings. The zero-order chi connectivity index (χ0) is 29.0.